The normalized spacial score (nSPS) is 11.0. The second-order valence-corrected chi connectivity index (χ2v) is 6.58. The van der Waals surface area contributed by atoms with E-state index < -0.39 is 5.97 Å². The van der Waals surface area contributed by atoms with Crippen LogP contribution in [0.4, 0.5) is 4.39 Å². The number of carbonyl (C=O) groups is 1. The van der Waals surface area contributed by atoms with Gasteiger partial charge >= 0.3 is 5.97 Å². The van der Waals surface area contributed by atoms with E-state index in [0.29, 0.717) is 21.8 Å². The minimum Gasteiger partial charge on any atom is -0.507 e. The van der Waals surface area contributed by atoms with Crippen molar-refractivity contribution in [1.29, 1.82) is 0 Å². The smallest absolute Gasteiger partial charge is 0.340 e. The number of phenolic OH excluding ortho intramolecular Hbond substituents is 1. The highest BCUT2D eigenvalue weighted by atomic mass is 79.9. The summed E-state index contributed by atoms with van der Waals surface area (Å²) in [6, 6.07) is 9.49. The van der Waals surface area contributed by atoms with E-state index >= 15 is 0 Å². The van der Waals surface area contributed by atoms with Crippen molar-refractivity contribution < 1.29 is 19.0 Å². The Hall–Kier alpha value is -2.34. The minimum atomic E-state index is -0.438. The van der Waals surface area contributed by atoms with Crippen molar-refractivity contribution in [3.05, 3.63) is 63.5 Å². The first-order chi connectivity index (χ1) is 11.9. The lowest BCUT2D eigenvalue weighted by molar-refractivity contribution is 0.0527. The Morgan fingerprint density at radius 1 is 1.28 bits per heavy atom. The highest BCUT2D eigenvalue weighted by molar-refractivity contribution is 9.10. The van der Waals surface area contributed by atoms with Gasteiger partial charge in [0.15, 0.2) is 0 Å². The number of aromatic hydroxyl groups is 1. The van der Waals surface area contributed by atoms with Gasteiger partial charge in [-0.2, -0.15) is 0 Å². The predicted molar refractivity (Wildman–Crippen MR) is 97.4 cm³/mol. The van der Waals surface area contributed by atoms with Crippen LogP contribution >= 0.6 is 15.9 Å². The van der Waals surface area contributed by atoms with Crippen molar-refractivity contribution in [3.63, 3.8) is 0 Å². The van der Waals surface area contributed by atoms with Crippen molar-refractivity contribution >= 4 is 32.8 Å². The molecule has 25 heavy (non-hydrogen) atoms. The zero-order chi connectivity index (χ0) is 18.1. The maximum atomic E-state index is 13.2. The van der Waals surface area contributed by atoms with Crippen molar-refractivity contribution in [2.45, 2.75) is 13.3 Å². The van der Waals surface area contributed by atoms with Crippen molar-refractivity contribution in [2.75, 3.05) is 6.61 Å². The van der Waals surface area contributed by atoms with E-state index in [0.717, 1.165) is 16.8 Å². The second-order valence-electron chi connectivity index (χ2n) is 5.73. The van der Waals surface area contributed by atoms with Crippen LogP contribution in [-0.4, -0.2) is 22.2 Å². The standard InChI is InChI=1S/C19H17BrFNO3/c1-3-25-19(24)18-13-9-17(23)14(20)10-15(13)22(2)16(18)8-11-4-6-12(21)7-5-11/h4-7,9-10,23H,3,8H2,1-2H3. The van der Waals surface area contributed by atoms with Crippen LogP contribution in [-0.2, 0) is 18.2 Å². The Morgan fingerprint density at radius 2 is 1.96 bits per heavy atom. The number of hydrogen-bond acceptors (Lipinski definition) is 3. The van der Waals surface area contributed by atoms with Crippen LogP contribution in [0.15, 0.2) is 40.9 Å². The van der Waals surface area contributed by atoms with E-state index in [1.807, 2.05) is 11.6 Å². The van der Waals surface area contributed by atoms with Crippen molar-refractivity contribution in [2.24, 2.45) is 7.05 Å². The van der Waals surface area contributed by atoms with E-state index in [1.165, 1.54) is 12.1 Å². The molecule has 4 nitrogen and oxygen atoms in total. The van der Waals surface area contributed by atoms with Crippen LogP contribution < -0.4 is 0 Å². The summed E-state index contributed by atoms with van der Waals surface area (Å²) in [7, 11) is 1.85. The lowest BCUT2D eigenvalue weighted by Crippen LogP contribution is -2.09. The van der Waals surface area contributed by atoms with Crippen molar-refractivity contribution in [3.8, 4) is 5.75 Å². The van der Waals surface area contributed by atoms with Crippen LogP contribution in [0.3, 0.4) is 0 Å². The molecular weight excluding hydrogens is 389 g/mol. The Bertz CT molecular complexity index is 948. The summed E-state index contributed by atoms with van der Waals surface area (Å²) in [5, 5.41) is 10.6. The molecule has 0 fully saturated rings. The van der Waals surface area contributed by atoms with Crippen LogP contribution in [0.25, 0.3) is 10.9 Å². The van der Waals surface area contributed by atoms with Crippen LogP contribution in [0.1, 0.15) is 28.5 Å². The Morgan fingerprint density at radius 3 is 2.60 bits per heavy atom. The lowest BCUT2D eigenvalue weighted by atomic mass is 10.0. The molecule has 6 heteroatoms. The summed E-state index contributed by atoms with van der Waals surface area (Å²) >= 11 is 3.31. The average molecular weight is 406 g/mol. The van der Waals surface area contributed by atoms with Crippen LogP contribution in [0.5, 0.6) is 5.75 Å². The highest BCUT2D eigenvalue weighted by Crippen LogP contribution is 2.35. The Balaban J connectivity index is 2.21. The third-order valence-corrected chi connectivity index (χ3v) is 4.79. The molecule has 0 radical (unpaired) electrons. The lowest BCUT2D eigenvalue weighted by Gasteiger charge is -2.08. The molecule has 0 aliphatic rings. The van der Waals surface area contributed by atoms with Gasteiger partial charge < -0.3 is 14.4 Å². The molecule has 0 aliphatic heterocycles. The molecule has 3 aromatic rings. The van der Waals surface area contributed by atoms with E-state index in [4.69, 9.17) is 4.74 Å². The quantitative estimate of drug-likeness (QED) is 0.647. The van der Waals surface area contributed by atoms with Gasteiger partial charge in [0.2, 0.25) is 0 Å². The number of aryl methyl sites for hydroxylation is 1. The van der Waals surface area contributed by atoms with Crippen molar-refractivity contribution in [1.82, 2.24) is 4.57 Å². The predicted octanol–water partition coefficient (Wildman–Crippen LogP) is 4.55. The molecule has 0 spiro atoms. The number of ether oxygens (including phenoxy) is 1. The Kier molecular flexibility index (Phi) is 4.81. The van der Waals surface area contributed by atoms with Gasteiger partial charge in [-0.1, -0.05) is 12.1 Å². The first-order valence-electron chi connectivity index (χ1n) is 7.83. The molecule has 0 unspecified atom stereocenters. The van der Waals surface area contributed by atoms with Crippen LogP contribution in [0.2, 0.25) is 0 Å². The molecule has 130 valence electrons. The van der Waals surface area contributed by atoms with Gasteiger partial charge in [0.1, 0.15) is 11.6 Å². The molecule has 2 aromatic carbocycles. The summed E-state index contributed by atoms with van der Waals surface area (Å²) < 4.78 is 20.8. The van der Waals surface area contributed by atoms with E-state index in [-0.39, 0.29) is 18.2 Å². The molecule has 1 aromatic heterocycles. The monoisotopic (exact) mass is 405 g/mol. The molecule has 0 aliphatic carbocycles. The highest BCUT2D eigenvalue weighted by Gasteiger charge is 2.23. The van der Waals surface area contributed by atoms with Gasteiger partial charge in [-0.05, 0) is 52.7 Å². The third-order valence-electron chi connectivity index (χ3n) is 4.15. The number of nitrogens with zero attached hydrogens (tertiary/aromatic N) is 1. The van der Waals surface area contributed by atoms with Gasteiger partial charge in [0.25, 0.3) is 0 Å². The molecular formula is C19H17BrFNO3. The summed E-state index contributed by atoms with van der Waals surface area (Å²) in [6.45, 7) is 2.00. The molecule has 0 amide bonds. The molecule has 0 atom stereocenters. The topological polar surface area (TPSA) is 51.5 Å². The summed E-state index contributed by atoms with van der Waals surface area (Å²) in [5.41, 5.74) is 2.84. The molecule has 1 heterocycles. The third kappa shape index (κ3) is 3.26. The number of rotatable bonds is 4. The zero-order valence-electron chi connectivity index (χ0n) is 13.8. The fraction of sp³-hybridized carbons (Fsp3) is 0.211. The maximum Gasteiger partial charge on any atom is 0.340 e. The molecule has 0 saturated heterocycles. The fourth-order valence-electron chi connectivity index (χ4n) is 2.93. The van der Waals surface area contributed by atoms with E-state index in [2.05, 4.69) is 15.9 Å². The number of hydrogen-bond donors (Lipinski definition) is 1. The van der Waals surface area contributed by atoms with Crippen LogP contribution in [0, 0.1) is 5.82 Å². The average Bonchev–Trinajstić information content (AvgIpc) is 2.83. The number of esters is 1. The van der Waals surface area contributed by atoms with Gasteiger partial charge in [0, 0.05) is 24.5 Å². The number of halogens is 2. The minimum absolute atomic E-state index is 0.0528. The number of benzene rings is 2. The fourth-order valence-corrected chi connectivity index (χ4v) is 3.26. The first kappa shape index (κ1) is 17.5. The van der Waals surface area contributed by atoms with E-state index in [9.17, 15) is 14.3 Å². The summed E-state index contributed by atoms with van der Waals surface area (Å²) in [6.07, 6.45) is 0.442. The molecule has 0 bridgehead atoms. The summed E-state index contributed by atoms with van der Waals surface area (Å²) in [4.78, 5) is 12.5. The largest absolute Gasteiger partial charge is 0.507 e. The first-order valence-corrected chi connectivity index (χ1v) is 8.63. The molecule has 1 N–H and O–H groups in total. The summed E-state index contributed by atoms with van der Waals surface area (Å²) in [5.74, 6) is -0.691. The molecule has 0 saturated carbocycles. The maximum absolute atomic E-state index is 13.2. The van der Waals surface area contributed by atoms with Gasteiger partial charge in [-0.3, -0.25) is 0 Å². The Labute approximate surface area is 153 Å². The number of fused-ring (bicyclic) bond motifs is 1. The number of aromatic nitrogens is 1. The number of phenols is 1. The molecule has 3 rings (SSSR count). The van der Waals surface area contributed by atoms with E-state index in [1.54, 1.807) is 31.2 Å². The van der Waals surface area contributed by atoms with Gasteiger partial charge in [0.05, 0.1) is 22.2 Å². The van der Waals surface area contributed by atoms with Gasteiger partial charge in [-0.15, -0.1) is 0 Å². The number of carbonyl (C=O) groups excluding carboxylic acids is 1. The zero-order valence-corrected chi connectivity index (χ0v) is 15.4. The SMILES string of the molecule is CCOC(=O)c1c(Cc2ccc(F)cc2)n(C)c2cc(Br)c(O)cc12. The second kappa shape index (κ2) is 6.88. The van der Waals surface area contributed by atoms with Gasteiger partial charge in [-0.25, -0.2) is 9.18 Å².